The van der Waals surface area contributed by atoms with Gasteiger partial charge in [-0.25, -0.2) is 0 Å². The molecule has 1 amide bonds. The van der Waals surface area contributed by atoms with Crippen LogP contribution in [0.25, 0.3) is 0 Å². The fraction of sp³-hybridized carbons (Fsp3) is 0.889. The highest BCUT2D eigenvalue weighted by atomic mass is 16.5. The Hall–Kier alpha value is -0.570. The van der Waals surface area contributed by atoms with Gasteiger partial charge in [-0.05, 0) is 6.42 Å². The van der Waals surface area contributed by atoms with Gasteiger partial charge in [0.25, 0.3) is 0 Å². The fourth-order valence-corrected chi connectivity index (χ4v) is 0.645. The summed E-state index contributed by atoms with van der Waals surface area (Å²) in [5.74, 6) is 0.0891. The zero-order valence-corrected chi connectivity index (χ0v) is 8.22. The molecule has 0 aliphatic carbocycles. The smallest absolute Gasteiger partial charge is 0.224 e. The van der Waals surface area contributed by atoms with Crippen LogP contribution in [0.5, 0.6) is 0 Å². The second kappa shape index (κ2) is 7.10. The van der Waals surface area contributed by atoms with Gasteiger partial charge in [0.1, 0.15) is 6.73 Å². The number of carbonyl (C=O) groups is 1. The van der Waals surface area contributed by atoms with Crippen molar-refractivity contribution in [2.75, 3.05) is 13.3 Å². The van der Waals surface area contributed by atoms with Gasteiger partial charge in [-0.3, -0.25) is 4.79 Å². The second-order valence-electron chi connectivity index (χ2n) is 3.10. The van der Waals surface area contributed by atoms with Crippen molar-refractivity contribution in [3.8, 4) is 0 Å². The minimum Gasteiger partial charge on any atom is -0.361 e. The van der Waals surface area contributed by atoms with Crippen molar-refractivity contribution in [3.05, 3.63) is 0 Å². The highest BCUT2D eigenvalue weighted by Crippen LogP contribution is 1.90. The first-order valence-electron chi connectivity index (χ1n) is 4.54. The van der Waals surface area contributed by atoms with Crippen molar-refractivity contribution in [3.63, 3.8) is 0 Å². The van der Waals surface area contributed by atoms with Crippen LogP contribution in [-0.4, -0.2) is 19.2 Å². The summed E-state index contributed by atoms with van der Waals surface area (Å²) in [4.78, 5) is 11.0. The van der Waals surface area contributed by atoms with Gasteiger partial charge in [0.2, 0.25) is 5.91 Å². The molecule has 0 atom stereocenters. The summed E-state index contributed by atoms with van der Waals surface area (Å²) < 4.78 is 5.16. The van der Waals surface area contributed by atoms with E-state index in [4.69, 9.17) is 4.74 Å². The first kappa shape index (κ1) is 11.4. The van der Waals surface area contributed by atoms with E-state index in [-0.39, 0.29) is 11.8 Å². The van der Waals surface area contributed by atoms with Gasteiger partial charge in [0.05, 0.1) is 0 Å². The van der Waals surface area contributed by atoms with Crippen LogP contribution in [0.3, 0.4) is 0 Å². The van der Waals surface area contributed by atoms with E-state index in [0.29, 0.717) is 6.73 Å². The summed E-state index contributed by atoms with van der Waals surface area (Å²) in [6.07, 6.45) is 2.18. The average molecular weight is 173 g/mol. The van der Waals surface area contributed by atoms with E-state index in [2.05, 4.69) is 12.2 Å². The second-order valence-corrected chi connectivity index (χ2v) is 3.10. The average Bonchev–Trinajstić information content (AvgIpc) is 2.03. The molecule has 0 spiro atoms. The SMILES string of the molecule is CCCCOCNC(=O)C(C)C. The third kappa shape index (κ3) is 6.16. The zero-order valence-electron chi connectivity index (χ0n) is 8.22. The first-order valence-corrected chi connectivity index (χ1v) is 4.54. The van der Waals surface area contributed by atoms with Gasteiger partial charge in [-0.2, -0.15) is 0 Å². The quantitative estimate of drug-likeness (QED) is 0.488. The maximum absolute atomic E-state index is 11.0. The molecule has 12 heavy (non-hydrogen) atoms. The molecule has 1 N–H and O–H groups in total. The minimum atomic E-state index is 0.0415. The van der Waals surface area contributed by atoms with Crippen molar-refractivity contribution in [1.82, 2.24) is 5.32 Å². The van der Waals surface area contributed by atoms with Gasteiger partial charge < -0.3 is 10.1 Å². The normalized spacial score (nSPS) is 10.3. The van der Waals surface area contributed by atoms with Crippen molar-refractivity contribution in [2.45, 2.75) is 33.6 Å². The lowest BCUT2D eigenvalue weighted by Crippen LogP contribution is -2.29. The van der Waals surface area contributed by atoms with E-state index >= 15 is 0 Å². The van der Waals surface area contributed by atoms with E-state index in [1.165, 1.54) is 0 Å². The number of ether oxygens (including phenoxy) is 1. The Kier molecular flexibility index (Phi) is 6.76. The fourth-order valence-electron chi connectivity index (χ4n) is 0.645. The molecule has 0 saturated carbocycles. The first-order chi connectivity index (χ1) is 5.68. The molecule has 0 bridgehead atoms. The molecule has 0 aliphatic heterocycles. The Morgan fingerprint density at radius 2 is 2.17 bits per heavy atom. The Morgan fingerprint density at radius 3 is 2.67 bits per heavy atom. The number of unbranched alkanes of at least 4 members (excludes halogenated alkanes) is 1. The third-order valence-electron chi connectivity index (χ3n) is 1.52. The maximum atomic E-state index is 11.0. The van der Waals surface area contributed by atoms with E-state index in [1.807, 2.05) is 13.8 Å². The molecule has 0 fully saturated rings. The summed E-state index contributed by atoms with van der Waals surface area (Å²) in [7, 11) is 0. The zero-order chi connectivity index (χ0) is 9.40. The Morgan fingerprint density at radius 1 is 1.50 bits per heavy atom. The van der Waals surface area contributed by atoms with E-state index in [9.17, 15) is 4.79 Å². The van der Waals surface area contributed by atoms with Crippen molar-refractivity contribution >= 4 is 5.91 Å². The number of hydrogen-bond donors (Lipinski definition) is 1. The lowest BCUT2D eigenvalue weighted by atomic mass is 10.2. The topological polar surface area (TPSA) is 38.3 Å². The lowest BCUT2D eigenvalue weighted by molar-refractivity contribution is -0.125. The summed E-state index contributed by atoms with van der Waals surface area (Å²) in [6, 6.07) is 0. The molecule has 3 nitrogen and oxygen atoms in total. The van der Waals surface area contributed by atoms with E-state index in [1.54, 1.807) is 0 Å². The molecule has 0 saturated heterocycles. The molecule has 0 aromatic carbocycles. The van der Waals surface area contributed by atoms with Crippen LogP contribution in [0.4, 0.5) is 0 Å². The van der Waals surface area contributed by atoms with Crippen LogP contribution in [0.2, 0.25) is 0 Å². The Bertz CT molecular complexity index is 124. The molecule has 0 aliphatic rings. The molecular weight excluding hydrogens is 154 g/mol. The number of amides is 1. The highest BCUT2D eigenvalue weighted by Gasteiger charge is 2.04. The number of nitrogens with one attached hydrogen (secondary N) is 1. The Balaban J connectivity index is 3.14. The monoisotopic (exact) mass is 173 g/mol. The van der Waals surface area contributed by atoms with Gasteiger partial charge in [-0.15, -0.1) is 0 Å². The van der Waals surface area contributed by atoms with Crippen molar-refractivity contribution in [1.29, 1.82) is 0 Å². The molecular formula is C9H19NO2. The molecule has 72 valence electrons. The summed E-state index contributed by atoms with van der Waals surface area (Å²) >= 11 is 0. The third-order valence-corrected chi connectivity index (χ3v) is 1.52. The number of carbonyl (C=O) groups excluding carboxylic acids is 1. The predicted molar refractivity (Wildman–Crippen MR) is 48.7 cm³/mol. The largest absolute Gasteiger partial charge is 0.361 e. The van der Waals surface area contributed by atoms with Gasteiger partial charge in [-0.1, -0.05) is 27.2 Å². The van der Waals surface area contributed by atoms with Crippen LogP contribution in [-0.2, 0) is 9.53 Å². The van der Waals surface area contributed by atoms with Crippen LogP contribution in [0.15, 0.2) is 0 Å². The van der Waals surface area contributed by atoms with Crippen LogP contribution in [0.1, 0.15) is 33.6 Å². The summed E-state index contributed by atoms with van der Waals surface area (Å²) in [6.45, 7) is 6.91. The minimum absolute atomic E-state index is 0.0415. The van der Waals surface area contributed by atoms with Crippen LogP contribution < -0.4 is 5.32 Å². The molecule has 0 aromatic heterocycles. The van der Waals surface area contributed by atoms with Crippen LogP contribution >= 0.6 is 0 Å². The molecule has 0 aromatic rings. The molecule has 0 rings (SSSR count). The van der Waals surface area contributed by atoms with Crippen molar-refractivity contribution < 1.29 is 9.53 Å². The predicted octanol–water partition coefficient (Wildman–Crippen LogP) is 1.53. The maximum Gasteiger partial charge on any atom is 0.224 e. The van der Waals surface area contributed by atoms with Crippen molar-refractivity contribution in [2.24, 2.45) is 5.92 Å². The van der Waals surface area contributed by atoms with Crippen LogP contribution in [0, 0.1) is 5.92 Å². The Labute approximate surface area is 74.5 Å². The van der Waals surface area contributed by atoms with Gasteiger partial charge in [0, 0.05) is 12.5 Å². The van der Waals surface area contributed by atoms with Gasteiger partial charge >= 0.3 is 0 Å². The summed E-state index contributed by atoms with van der Waals surface area (Å²) in [5, 5.41) is 2.68. The molecule has 3 heteroatoms. The number of rotatable bonds is 6. The molecule has 0 radical (unpaired) electrons. The molecule has 0 unspecified atom stereocenters. The number of hydrogen-bond acceptors (Lipinski definition) is 2. The lowest BCUT2D eigenvalue weighted by Gasteiger charge is -2.07. The standard InChI is InChI=1S/C9H19NO2/c1-4-5-6-12-7-10-9(11)8(2)3/h8H,4-7H2,1-3H3,(H,10,11). The van der Waals surface area contributed by atoms with E-state index in [0.717, 1.165) is 19.4 Å². The van der Waals surface area contributed by atoms with Gasteiger partial charge in [0.15, 0.2) is 0 Å². The molecule has 0 heterocycles. The highest BCUT2D eigenvalue weighted by molar-refractivity contribution is 5.77. The van der Waals surface area contributed by atoms with E-state index < -0.39 is 0 Å². The summed E-state index contributed by atoms with van der Waals surface area (Å²) in [5.41, 5.74) is 0.